The molecule has 0 amide bonds. The molecule has 1 unspecified atom stereocenters. The molecular weight excluding hydrogens is 378 g/mol. The Labute approximate surface area is 157 Å². The highest BCUT2D eigenvalue weighted by Gasteiger charge is 2.51. The minimum Gasteiger partial charge on any atom is -0.497 e. The zero-order valence-corrected chi connectivity index (χ0v) is 16.4. The van der Waals surface area contributed by atoms with Crippen LogP contribution in [0.4, 0.5) is 0 Å². The largest absolute Gasteiger partial charge is 0.497 e. The molecule has 1 aliphatic heterocycles. The Balaban J connectivity index is 2.55. The van der Waals surface area contributed by atoms with Crippen LogP contribution in [0.1, 0.15) is 26.3 Å². The summed E-state index contributed by atoms with van der Waals surface area (Å²) in [6.45, 7) is 3.93. The van der Waals surface area contributed by atoms with E-state index in [4.69, 9.17) is 18.9 Å². The quantitative estimate of drug-likeness (QED) is 0.680. The van der Waals surface area contributed by atoms with Crippen molar-refractivity contribution >= 4 is 21.8 Å². The van der Waals surface area contributed by atoms with E-state index in [-0.39, 0.29) is 11.5 Å². The Kier molecular flexibility index (Phi) is 5.69. The van der Waals surface area contributed by atoms with E-state index in [0.717, 1.165) is 6.92 Å². The molecule has 0 spiro atoms. The van der Waals surface area contributed by atoms with Crippen LogP contribution in [0.25, 0.3) is 0 Å². The van der Waals surface area contributed by atoms with Crippen molar-refractivity contribution < 1.29 is 37.0 Å². The molecule has 0 aliphatic carbocycles. The topological polar surface area (TPSA) is 117 Å². The van der Waals surface area contributed by atoms with Gasteiger partial charge in [-0.25, -0.2) is 8.42 Å². The highest BCUT2D eigenvalue weighted by molar-refractivity contribution is 7.89. The van der Waals surface area contributed by atoms with Gasteiger partial charge >= 0.3 is 5.97 Å². The summed E-state index contributed by atoms with van der Waals surface area (Å²) in [5, 5.41) is 0. The molecule has 1 aromatic rings. The normalized spacial score (nSPS) is 19.5. The summed E-state index contributed by atoms with van der Waals surface area (Å²) in [5.74, 6) is -1.96. The number of esters is 1. The predicted molar refractivity (Wildman–Crippen MR) is 94.4 cm³/mol. The van der Waals surface area contributed by atoms with Gasteiger partial charge in [0.1, 0.15) is 11.5 Å². The number of carbonyl (C=O) groups excluding carboxylic acids is 2. The maximum absolute atomic E-state index is 13.0. The van der Waals surface area contributed by atoms with E-state index in [1.807, 2.05) is 0 Å². The summed E-state index contributed by atoms with van der Waals surface area (Å²) < 4.78 is 47.0. The van der Waals surface area contributed by atoms with Gasteiger partial charge in [-0.3, -0.25) is 14.3 Å². The summed E-state index contributed by atoms with van der Waals surface area (Å²) in [6.07, 6.45) is 0. The number of rotatable bonds is 7. The summed E-state index contributed by atoms with van der Waals surface area (Å²) in [5.41, 5.74) is -1.36. The van der Waals surface area contributed by atoms with Gasteiger partial charge < -0.3 is 18.9 Å². The smallest absolute Gasteiger partial charge is 0.308 e. The zero-order valence-electron chi connectivity index (χ0n) is 15.6. The number of nitrogens with one attached hydrogen (secondary N) is 1. The fourth-order valence-corrected chi connectivity index (χ4v) is 3.06. The van der Waals surface area contributed by atoms with Crippen molar-refractivity contribution in [2.75, 3.05) is 20.0 Å². The van der Waals surface area contributed by atoms with Crippen molar-refractivity contribution in [1.82, 2.24) is 4.72 Å². The summed E-state index contributed by atoms with van der Waals surface area (Å²) in [4.78, 5) is 24.4. The van der Waals surface area contributed by atoms with E-state index >= 15 is 0 Å². The molecule has 27 heavy (non-hydrogen) atoms. The van der Waals surface area contributed by atoms with E-state index in [0.29, 0.717) is 11.3 Å². The van der Waals surface area contributed by atoms with Crippen LogP contribution in [0.15, 0.2) is 29.8 Å². The molecular formula is C17H21NO8S. The number of carbonyl (C=O) groups is 2. The summed E-state index contributed by atoms with van der Waals surface area (Å²) in [7, 11) is -0.899. The molecule has 148 valence electrons. The van der Waals surface area contributed by atoms with Crippen LogP contribution in [-0.2, 0) is 34.7 Å². The maximum Gasteiger partial charge on any atom is 0.308 e. The Bertz CT molecular complexity index is 906. The third-order valence-electron chi connectivity index (χ3n) is 3.95. The molecule has 1 heterocycles. The Morgan fingerprint density at radius 3 is 2.44 bits per heavy atom. The molecule has 0 saturated carbocycles. The highest BCUT2D eigenvalue weighted by atomic mass is 32.2. The van der Waals surface area contributed by atoms with Gasteiger partial charge in [-0.05, 0) is 26.0 Å². The molecule has 0 saturated heterocycles. The van der Waals surface area contributed by atoms with Gasteiger partial charge in [0, 0.05) is 18.6 Å². The molecule has 2 rings (SSSR count). The second-order valence-corrected chi connectivity index (χ2v) is 7.80. The molecule has 10 heteroatoms. The Morgan fingerprint density at radius 1 is 1.26 bits per heavy atom. The van der Waals surface area contributed by atoms with Gasteiger partial charge in [-0.2, -0.15) is 0 Å². The minimum atomic E-state index is -3.78. The van der Waals surface area contributed by atoms with E-state index in [2.05, 4.69) is 4.72 Å². The molecule has 1 N–H and O–H groups in total. The molecule has 0 radical (unpaired) electrons. The molecule has 1 atom stereocenters. The lowest BCUT2D eigenvalue weighted by Crippen LogP contribution is -2.33. The van der Waals surface area contributed by atoms with Gasteiger partial charge in [0.15, 0.2) is 0 Å². The van der Waals surface area contributed by atoms with Crippen molar-refractivity contribution in [3.05, 3.63) is 35.4 Å². The Morgan fingerprint density at radius 2 is 1.93 bits per heavy atom. The van der Waals surface area contributed by atoms with E-state index in [1.165, 1.54) is 28.1 Å². The second-order valence-electron chi connectivity index (χ2n) is 5.79. The SMILES string of the molecule is CCS(=O)(=O)NC1=C(OC(C)=O)C(=O)C(C)(c2ccc(OC)cc2OC)O1. The third kappa shape index (κ3) is 4.00. The van der Waals surface area contributed by atoms with Crippen molar-refractivity contribution in [3.63, 3.8) is 0 Å². The molecule has 1 aliphatic rings. The van der Waals surface area contributed by atoms with Gasteiger partial charge in [-0.1, -0.05) is 0 Å². The zero-order chi connectivity index (χ0) is 20.4. The second kappa shape index (κ2) is 7.47. The average molecular weight is 399 g/mol. The van der Waals surface area contributed by atoms with Crippen LogP contribution >= 0.6 is 0 Å². The number of methoxy groups -OCH3 is 2. The lowest BCUT2D eigenvalue weighted by molar-refractivity contribution is -0.142. The van der Waals surface area contributed by atoms with Crippen LogP contribution < -0.4 is 14.2 Å². The van der Waals surface area contributed by atoms with Crippen molar-refractivity contribution in [1.29, 1.82) is 0 Å². The Hall–Kier alpha value is -2.75. The minimum absolute atomic E-state index is 0.260. The summed E-state index contributed by atoms with van der Waals surface area (Å²) in [6, 6.07) is 4.70. The maximum atomic E-state index is 13.0. The lowest BCUT2D eigenvalue weighted by atomic mass is 9.90. The molecule has 0 fully saturated rings. The first-order valence-electron chi connectivity index (χ1n) is 7.97. The number of ketones is 1. The monoisotopic (exact) mass is 399 g/mol. The first-order chi connectivity index (χ1) is 12.6. The number of ether oxygens (including phenoxy) is 4. The van der Waals surface area contributed by atoms with Crippen molar-refractivity contribution in [2.24, 2.45) is 0 Å². The molecule has 9 nitrogen and oxygen atoms in total. The number of Topliss-reactive ketones (excluding diaryl/α,β-unsaturated/α-hetero) is 1. The van der Waals surface area contributed by atoms with Crippen LogP contribution in [0, 0.1) is 0 Å². The molecule has 0 bridgehead atoms. The number of hydrogen-bond donors (Lipinski definition) is 1. The van der Waals surface area contributed by atoms with Gasteiger partial charge in [-0.15, -0.1) is 0 Å². The fourth-order valence-electron chi connectivity index (χ4n) is 2.50. The van der Waals surface area contributed by atoms with E-state index in [9.17, 15) is 18.0 Å². The fraction of sp³-hybridized carbons (Fsp3) is 0.412. The van der Waals surface area contributed by atoms with Crippen molar-refractivity contribution in [3.8, 4) is 11.5 Å². The van der Waals surface area contributed by atoms with Gasteiger partial charge in [0.05, 0.1) is 20.0 Å². The van der Waals surface area contributed by atoms with Crippen LogP contribution in [-0.4, -0.2) is 40.1 Å². The average Bonchev–Trinajstić information content (AvgIpc) is 2.85. The number of benzene rings is 1. The standard InChI is InChI=1S/C17H21NO8S/c1-6-27(21,22)18-16-14(25-10(2)19)15(20)17(3,26-16)12-8-7-11(23-4)9-13(12)24-5/h7-9,18H,6H2,1-5H3. The van der Waals surface area contributed by atoms with Crippen LogP contribution in [0.5, 0.6) is 11.5 Å². The number of sulfonamides is 1. The first-order valence-corrected chi connectivity index (χ1v) is 9.62. The van der Waals surface area contributed by atoms with Gasteiger partial charge in [0.2, 0.25) is 27.3 Å². The predicted octanol–water partition coefficient (Wildman–Crippen LogP) is 1.19. The van der Waals surface area contributed by atoms with Gasteiger partial charge in [0.25, 0.3) is 5.78 Å². The lowest BCUT2D eigenvalue weighted by Gasteiger charge is -2.25. The molecule has 1 aromatic carbocycles. The van der Waals surface area contributed by atoms with E-state index in [1.54, 1.807) is 18.2 Å². The number of hydrogen-bond acceptors (Lipinski definition) is 8. The highest BCUT2D eigenvalue weighted by Crippen LogP contribution is 2.43. The third-order valence-corrected chi connectivity index (χ3v) is 5.21. The van der Waals surface area contributed by atoms with Crippen molar-refractivity contribution in [2.45, 2.75) is 26.4 Å². The van der Waals surface area contributed by atoms with E-state index < -0.39 is 39.0 Å². The molecule has 0 aromatic heterocycles. The van der Waals surface area contributed by atoms with Crippen LogP contribution in [0.3, 0.4) is 0 Å². The van der Waals surface area contributed by atoms with Crippen LogP contribution in [0.2, 0.25) is 0 Å². The summed E-state index contributed by atoms with van der Waals surface area (Å²) >= 11 is 0. The first kappa shape index (κ1) is 20.6.